The smallest absolute Gasteiger partial charge is 0.349 e. The van der Waals surface area contributed by atoms with Gasteiger partial charge in [-0.05, 0) is 12.5 Å². The fourth-order valence-electron chi connectivity index (χ4n) is 1.71. The number of aromatic amines is 1. The lowest BCUT2D eigenvalue weighted by Crippen LogP contribution is -2.05. The highest BCUT2D eigenvalue weighted by Gasteiger charge is 2.37. The molecular formula is C13H8ClF3N2. The molecule has 6 heteroatoms. The van der Waals surface area contributed by atoms with Gasteiger partial charge in [0.15, 0.2) is 0 Å². The Morgan fingerprint density at radius 1 is 1.21 bits per heavy atom. The molecule has 0 aliphatic carbocycles. The molecule has 98 valence electrons. The van der Waals surface area contributed by atoms with Crippen molar-refractivity contribution in [1.82, 2.24) is 4.98 Å². The minimum absolute atomic E-state index is 0.0832. The molecule has 19 heavy (non-hydrogen) atoms. The molecule has 0 spiro atoms. The number of halogens is 4. The van der Waals surface area contributed by atoms with E-state index in [9.17, 15) is 13.2 Å². The third kappa shape index (κ3) is 2.45. The van der Waals surface area contributed by atoms with Crippen molar-refractivity contribution >= 4 is 11.6 Å². The zero-order valence-corrected chi connectivity index (χ0v) is 10.5. The molecule has 0 saturated carbocycles. The lowest BCUT2D eigenvalue weighted by molar-refractivity contribution is -0.140. The van der Waals surface area contributed by atoms with Gasteiger partial charge in [-0.25, -0.2) is 0 Å². The minimum Gasteiger partial charge on any atom is -0.349 e. The first-order chi connectivity index (χ1) is 8.84. The predicted molar refractivity (Wildman–Crippen MR) is 65.7 cm³/mol. The van der Waals surface area contributed by atoms with Gasteiger partial charge in [0, 0.05) is 0 Å². The van der Waals surface area contributed by atoms with Gasteiger partial charge in [-0.3, -0.25) is 0 Å². The Kier molecular flexibility index (Phi) is 3.29. The number of nitrogens with one attached hydrogen (secondary N) is 1. The van der Waals surface area contributed by atoms with Gasteiger partial charge in [0.2, 0.25) is 0 Å². The summed E-state index contributed by atoms with van der Waals surface area (Å²) in [7, 11) is 0. The number of hydrogen-bond acceptors (Lipinski definition) is 1. The Labute approximate surface area is 112 Å². The average Bonchev–Trinajstić information content (AvgIpc) is 2.67. The molecule has 1 N–H and O–H groups in total. The van der Waals surface area contributed by atoms with Crippen LogP contribution in [0.3, 0.4) is 0 Å². The first-order valence-electron chi connectivity index (χ1n) is 5.30. The van der Waals surface area contributed by atoms with Crippen LogP contribution in [0.1, 0.15) is 16.8 Å². The van der Waals surface area contributed by atoms with Crippen molar-refractivity contribution in [3.05, 3.63) is 46.1 Å². The van der Waals surface area contributed by atoms with Crippen molar-refractivity contribution in [2.24, 2.45) is 0 Å². The molecule has 0 atom stereocenters. The van der Waals surface area contributed by atoms with E-state index < -0.39 is 16.9 Å². The van der Waals surface area contributed by atoms with Crippen LogP contribution in [0.2, 0.25) is 5.02 Å². The van der Waals surface area contributed by atoms with Gasteiger partial charge in [-0.1, -0.05) is 41.4 Å². The number of benzene rings is 1. The zero-order chi connectivity index (χ0) is 14.2. The van der Waals surface area contributed by atoms with Crippen LogP contribution in [0, 0.1) is 18.3 Å². The van der Waals surface area contributed by atoms with Gasteiger partial charge < -0.3 is 4.98 Å². The maximum Gasteiger partial charge on any atom is 0.432 e. The summed E-state index contributed by atoms with van der Waals surface area (Å²) in [5, 5.41) is 8.38. The van der Waals surface area contributed by atoms with Gasteiger partial charge in [-0.2, -0.15) is 18.4 Å². The van der Waals surface area contributed by atoms with E-state index in [1.807, 2.05) is 6.92 Å². The number of hydrogen-bond donors (Lipinski definition) is 1. The highest BCUT2D eigenvalue weighted by molar-refractivity contribution is 6.33. The molecule has 1 aromatic carbocycles. The molecule has 0 aliphatic rings. The number of nitriles is 1. The van der Waals surface area contributed by atoms with E-state index in [1.165, 1.54) is 0 Å². The van der Waals surface area contributed by atoms with Crippen LogP contribution in [0.4, 0.5) is 13.2 Å². The Bertz CT molecular complexity index is 648. The first-order valence-corrected chi connectivity index (χ1v) is 5.68. The quantitative estimate of drug-likeness (QED) is 0.821. The van der Waals surface area contributed by atoms with Crippen LogP contribution >= 0.6 is 11.6 Å². The van der Waals surface area contributed by atoms with Crippen molar-refractivity contribution in [2.75, 3.05) is 0 Å². The summed E-state index contributed by atoms with van der Waals surface area (Å²) in [6, 6.07) is 8.48. The highest BCUT2D eigenvalue weighted by Crippen LogP contribution is 2.39. The summed E-state index contributed by atoms with van der Waals surface area (Å²) in [5.41, 5.74) is 0.245. The van der Waals surface area contributed by atoms with Crippen LogP contribution in [0.25, 0.3) is 11.3 Å². The summed E-state index contributed by atoms with van der Waals surface area (Å²) in [5.74, 6) is 0. The summed E-state index contributed by atoms with van der Waals surface area (Å²) >= 11 is 5.62. The predicted octanol–water partition coefficient (Wildman–Crippen LogP) is 4.53. The largest absolute Gasteiger partial charge is 0.432 e. The second-order valence-corrected chi connectivity index (χ2v) is 4.42. The van der Waals surface area contributed by atoms with Crippen LogP contribution in [-0.4, -0.2) is 4.98 Å². The van der Waals surface area contributed by atoms with Crippen molar-refractivity contribution in [2.45, 2.75) is 13.1 Å². The van der Waals surface area contributed by atoms with E-state index in [4.69, 9.17) is 16.9 Å². The molecule has 0 unspecified atom stereocenters. The topological polar surface area (TPSA) is 39.6 Å². The van der Waals surface area contributed by atoms with Crippen molar-refractivity contribution in [3.8, 4) is 17.3 Å². The molecule has 1 aromatic heterocycles. The van der Waals surface area contributed by atoms with Crippen molar-refractivity contribution < 1.29 is 13.2 Å². The first kappa shape index (κ1) is 13.5. The number of aromatic nitrogens is 1. The van der Waals surface area contributed by atoms with E-state index in [-0.39, 0.29) is 11.3 Å². The average molecular weight is 285 g/mol. The third-order valence-corrected chi connectivity index (χ3v) is 3.05. The molecule has 2 rings (SSSR count). The van der Waals surface area contributed by atoms with Gasteiger partial charge >= 0.3 is 6.18 Å². The number of rotatable bonds is 1. The van der Waals surface area contributed by atoms with E-state index in [0.29, 0.717) is 5.56 Å². The van der Waals surface area contributed by atoms with Crippen molar-refractivity contribution in [3.63, 3.8) is 0 Å². The van der Waals surface area contributed by atoms with E-state index >= 15 is 0 Å². The summed E-state index contributed by atoms with van der Waals surface area (Å²) < 4.78 is 38.2. The van der Waals surface area contributed by atoms with Gasteiger partial charge in [0.25, 0.3) is 0 Å². The Morgan fingerprint density at radius 2 is 1.79 bits per heavy atom. The molecule has 2 aromatic rings. The normalized spacial score (nSPS) is 11.4. The van der Waals surface area contributed by atoms with Crippen LogP contribution in [0.5, 0.6) is 0 Å². The van der Waals surface area contributed by atoms with Gasteiger partial charge in [-0.15, -0.1) is 0 Å². The van der Waals surface area contributed by atoms with E-state index in [0.717, 1.165) is 5.56 Å². The molecular weight excluding hydrogens is 277 g/mol. The SMILES string of the molecule is Cc1ccc(-c2[nH]c(C(F)(F)F)c(Cl)c2C#N)cc1. The third-order valence-electron chi connectivity index (χ3n) is 2.67. The minimum atomic E-state index is -4.62. The fraction of sp³-hybridized carbons (Fsp3) is 0.154. The molecule has 2 nitrogen and oxygen atoms in total. The van der Waals surface area contributed by atoms with Crippen molar-refractivity contribution in [1.29, 1.82) is 5.26 Å². The van der Waals surface area contributed by atoms with Gasteiger partial charge in [0.05, 0.1) is 16.3 Å². The number of alkyl halides is 3. The summed E-state index contributed by atoms with van der Waals surface area (Å²) in [6.45, 7) is 1.86. The lowest BCUT2D eigenvalue weighted by atomic mass is 10.1. The fourth-order valence-corrected chi connectivity index (χ4v) is 2.01. The number of nitrogens with zero attached hydrogens (tertiary/aromatic N) is 1. The second-order valence-electron chi connectivity index (χ2n) is 4.04. The van der Waals surface area contributed by atoms with E-state index in [2.05, 4.69) is 4.98 Å². The highest BCUT2D eigenvalue weighted by atomic mass is 35.5. The van der Waals surface area contributed by atoms with Crippen LogP contribution in [0.15, 0.2) is 24.3 Å². The second kappa shape index (κ2) is 4.63. The molecule has 0 amide bonds. The monoisotopic (exact) mass is 284 g/mol. The zero-order valence-electron chi connectivity index (χ0n) is 9.77. The molecule has 0 aliphatic heterocycles. The number of aryl methyl sites for hydroxylation is 1. The molecule has 0 saturated heterocycles. The lowest BCUT2D eigenvalue weighted by Gasteiger charge is -2.03. The Balaban J connectivity index is 2.65. The summed E-state index contributed by atoms with van der Waals surface area (Å²) in [4.78, 5) is 2.20. The maximum absolute atomic E-state index is 12.7. The maximum atomic E-state index is 12.7. The number of H-pyrrole nitrogens is 1. The Morgan fingerprint density at radius 3 is 2.26 bits per heavy atom. The Hall–Kier alpha value is -1.93. The van der Waals surface area contributed by atoms with E-state index in [1.54, 1.807) is 30.3 Å². The molecule has 0 bridgehead atoms. The standard InChI is InChI=1S/C13H8ClF3N2/c1-7-2-4-8(5-3-7)11-9(6-18)10(14)12(19-11)13(15,16)17/h2-5,19H,1H3. The molecule has 0 fully saturated rings. The molecule has 1 heterocycles. The van der Waals surface area contributed by atoms with Crippen LogP contribution < -0.4 is 0 Å². The van der Waals surface area contributed by atoms with Crippen LogP contribution in [-0.2, 0) is 6.18 Å². The molecule has 0 radical (unpaired) electrons. The van der Waals surface area contributed by atoms with Gasteiger partial charge in [0.1, 0.15) is 11.8 Å². The summed E-state index contributed by atoms with van der Waals surface area (Å²) in [6.07, 6.45) is -4.62.